The van der Waals surface area contributed by atoms with Crippen LogP contribution in [0.5, 0.6) is 0 Å². The summed E-state index contributed by atoms with van der Waals surface area (Å²) in [5.74, 6) is 1.03. The lowest BCUT2D eigenvalue weighted by Crippen LogP contribution is -2.05. The molecule has 1 unspecified atom stereocenters. The van der Waals surface area contributed by atoms with Crippen LogP contribution in [0.15, 0.2) is 0 Å². The van der Waals surface area contributed by atoms with Gasteiger partial charge >= 0.3 is 0 Å². The van der Waals surface area contributed by atoms with Gasteiger partial charge in [0.2, 0.25) is 0 Å². The summed E-state index contributed by atoms with van der Waals surface area (Å²) in [6.07, 6.45) is 13.0. The third kappa shape index (κ3) is 4.99. The van der Waals surface area contributed by atoms with Crippen molar-refractivity contribution in [1.82, 2.24) is 0 Å². The Morgan fingerprint density at radius 3 is 2.50 bits per heavy atom. The molecule has 0 heterocycles. The Morgan fingerprint density at radius 2 is 1.86 bits per heavy atom. The van der Waals surface area contributed by atoms with Gasteiger partial charge in [-0.15, -0.1) is 0 Å². The molecule has 1 N–H and O–H groups in total. The van der Waals surface area contributed by atoms with E-state index in [-0.39, 0.29) is 6.10 Å². The summed E-state index contributed by atoms with van der Waals surface area (Å²) in [4.78, 5) is 0. The normalized spacial score (nSPS) is 20.1. The number of unbranched alkanes of at least 4 members (excludes halogenated alkanes) is 1. The molecule has 0 spiro atoms. The van der Waals surface area contributed by atoms with Crippen molar-refractivity contribution in [2.45, 2.75) is 77.2 Å². The number of rotatable bonds is 7. The molecule has 0 aromatic heterocycles. The molecule has 0 aromatic carbocycles. The van der Waals surface area contributed by atoms with Gasteiger partial charge in [-0.1, -0.05) is 58.3 Å². The molecule has 1 aliphatic carbocycles. The highest BCUT2D eigenvalue weighted by atomic mass is 16.3. The van der Waals surface area contributed by atoms with Gasteiger partial charge in [0.1, 0.15) is 0 Å². The second-order valence-corrected chi connectivity index (χ2v) is 4.88. The molecule has 14 heavy (non-hydrogen) atoms. The van der Waals surface area contributed by atoms with Crippen LogP contribution in [0.2, 0.25) is 0 Å². The van der Waals surface area contributed by atoms with Crippen LogP contribution in [0.25, 0.3) is 0 Å². The van der Waals surface area contributed by atoms with Crippen molar-refractivity contribution >= 4 is 0 Å². The van der Waals surface area contributed by atoms with E-state index in [1.807, 2.05) is 0 Å². The molecule has 1 fully saturated rings. The molecule has 1 aliphatic rings. The standard InChI is InChI=1S/C13H26O/c1-2-7-13(14)11-6-5-10-12-8-3-4-9-12/h12-14H,2-11H2,1H3. The molecule has 1 atom stereocenters. The Kier molecular flexibility index (Phi) is 6.25. The highest BCUT2D eigenvalue weighted by Gasteiger charge is 2.14. The fourth-order valence-electron chi connectivity index (χ4n) is 2.59. The number of hydrogen-bond acceptors (Lipinski definition) is 1. The minimum Gasteiger partial charge on any atom is -0.393 e. The number of aliphatic hydroxyl groups is 1. The Balaban J connectivity index is 1.88. The Labute approximate surface area is 88.9 Å². The van der Waals surface area contributed by atoms with Crippen LogP contribution >= 0.6 is 0 Å². The van der Waals surface area contributed by atoms with Crippen LogP contribution in [-0.2, 0) is 0 Å². The summed E-state index contributed by atoms with van der Waals surface area (Å²) in [5.41, 5.74) is 0. The van der Waals surface area contributed by atoms with Gasteiger partial charge in [-0.05, 0) is 18.8 Å². The molecule has 1 heteroatoms. The molecule has 0 aromatic rings. The Hall–Kier alpha value is -0.0400. The van der Waals surface area contributed by atoms with Gasteiger partial charge in [-0.25, -0.2) is 0 Å². The van der Waals surface area contributed by atoms with E-state index < -0.39 is 0 Å². The minimum absolute atomic E-state index is 0.0245. The van der Waals surface area contributed by atoms with Crippen molar-refractivity contribution in [3.05, 3.63) is 0 Å². The van der Waals surface area contributed by atoms with E-state index in [4.69, 9.17) is 0 Å². The van der Waals surface area contributed by atoms with Crippen molar-refractivity contribution in [2.75, 3.05) is 0 Å². The summed E-state index contributed by atoms with van der Waals surface area (Å²) in [6.45, 7) is 2.14. The molecule has 1 saturated carbocycles. The van der Waals surface area contributed by atoms with Gasteiger partial charge in [0.15, 0.2) is 0 Å². The number of hydrogen-bond donors (Lipinski definition) is 1. The van der Waals surface area contributed by atoms with E-state index in [1.165, 1.54) is 44.9 Å². The first-order valence-electron chi connectivity index (χ1n) is 6.51. The van der Waals surface area contributed by atoms with Crippen molar-refractivity contribution in [3.63, 3.8) is 0 Å². The van der Waals surface area contributed by atoms with Gasteiger partial charge in [-0.3, -0.25) is 0 Å². The van der Waals surface area contributed by atoms with Crippen molar-refractivity contribution in [2.24, 2.45) is 5.92 Å². The zero-order valence-corrected chi connectivity index (χ0v) is 9.67. The molecule has 1 nitrogen and oxygen atoms in total. The lowest BCUT2D eigenvalue weighted by atomic mass is 9.98. The monoisotopic (exact) mass is 198 g/mol. The molecular formula is C13H26O. The average Bonchev–Trinajstić information content (AvgIpc) is 2.65. The van der Waals surface area contributed by atoms with E-state index in [0.717, 1.165) is 25.2 Å². The summed E-state index contributed by atoms with van der Waals surface area (Å²) in [7, 11) is 0. The highest BCUT2D eigenvalue weighted by molar-refractivity contribution is 4.67. The molecule has 0 aliphatic heterocycles. The highest BCUT2D eigenvalue weighted by Crippen LogP contribution is 2.29. The summed E-state index contributed by atoms with van der Waals surface area (Å²) < 4.78 is 0. The van der Waals surface area contributed by atoms with Crippen LogP contribution in [0.1, 0.15) is 71.1 Å². The largest absolute Gasteiger partial charge is 0.393 e. The number of aliphatic hydroxyl groups excluding tert-OH is 1. The first kappa shape index (κ1) is 12.0. The van der Waals surface area contributed by atoms with Crippen LogP contribution in [0.3, 0.4) is 0 Å². The molecule has 0 amide bonds. The molecule has 0 bridgehead atoms. The van der Waals surface area contributed by atoms with Crippen LogP contribution in [-0.4, -0.2) is 11.2 Å². The zero-order valence-electron chi connectivity index (χ0n) is 9.67. The first-order valence-corrected chi connectivity index (χ1v) is 6.51. The van der Waals surface area contributed by atoms with Crippen LogP contribution in [0, 0.1) is 5.92 Å². The quantitative estimate of drug-likeness (QED) is 0.615. The fraction of sp³-hybridized carbons (Fsp3) is 1.00. The topological polar surface area (TPSA) is 20.2 Å². The minimum atomic E-state index is -0.0245. The fourth-order valence-corrected chi connectivity index (χ4v) is 2.59. The van der Waals surface area contributed by atoms with Crippen LogP contribution < -0.4 is 0 Å². The Morgan fingerprint density at radius 1 is 1.14 bits per heavy atom. The van der Waals surface area contributed by atoms with Gasteiger partial charge in [0.25, 0.3) is 0 Å². The van der Waals surface area contributed by atoms with Gasteiger partial charge in [0.05, 0.1) is 6.10 Å². The molecular weight excluding hydrogens is 172 g/mol. The second kappa shape index (κ2) is 7.28. The molecule has 1 rings (SSSR count). The maximum Gasteiger partial charge on any atom is 0.0540 e. The third-order valence-electron chi connectivity index (χ3n) is 3.50. The second-order valence-electron chi connectivity index (χ2n) is 4.88. The van der Waals surface area contributed by atoms with Gasteiger partial charge in [-0.2, -0.15) is 0 Å². The zero-order chi connectivity index (χ0) is 10.2. The van der Waals surface area contributed by atoms with E-state index in [0.29, 0.717) is 0 Å². The smallest absolute Gasteiger partial charge is 0.0540 e. The van der Waals surface area contributed by atoms with Gasteiger partial charge in [0, 0.05) is 0 Å². The van der Waals surface area contributed by atoms with Crippen LogP contribution in [0.4, 0.5) is 0 Å². The summed E-state index contributed by atoms with van der Waals surface area (Å²) in [5, 5.41) is 9.54. The summed E-state index contributed by atoms with van der Waals surface area (Å²) >= 11 is 0. The molecule has 84 valence electrons. The third-order valence-corrected chi connectivity index (χ3v) is 3.50. The van der Waals surface area contributed by atoms with E-state index >= 15 is 0 Å². The van der Waals surface area contributed by atoms with E-state index in [9.17, 15) is 5.11 Å². The van der Waals surface area contributed by atoms with E-state index in [1.54, 1.807) is 0 Å². The Bertz CT molecular complexity index is 127. The van der Waals surface area contributed by atoms with E-state index in [2.05, 4.69) is 6.92 Å². The maximum absolute atomic E-state index is 9.54. The SMILES string of the molecule is CCCC(O)CCCCC1CCCC1. The predicted octanol–water partition coefficient (Wildman–Crippen LogP) is 3.90. The molecule has 0 saturated heterocycles. The van der Waals surface area contributed by atoms with Crippen molar-refractivity contribution in [1.29, 1.82) is 0 Å². The van der Waals surface area contributed by atoms with Crippen molar-refractivity contribution in [3.8, 4) is 0 Å². The predicted molar refractivity (Wildman–Crippen MR) is 61.3 cm³/mol. The lowest BCUT2D eigenvalue weighted by molar-refractivity contribution is 0.149. The average molecular weight is 198 g/mol. The summed E-state index contributed by atoms with van der Waals surface area (Å²) in [6, 6.07) is 0. The maximum atomic E-state index is 9.54. The first-order chi connectivity index (χ1) is 6.83. The van der Waals surface area contributed by atoms with Gasteiger partial charge < -0.3 is 5.11 Å². The molecule has 0 radical (unpaired) electrons. The van der Waals surface area contributed by atoms with Crippen molar-refractivity contribution < 1.29 is 5.11 Å². The lowest BCUT2D eigenvalue weighted by Gasteiger charge is -2.10.